The Morgan fingerprint density at radius 3 is 2.71 bits per heavy atom. The molecule has 1 atom stereocenters. The van der Waals surface area contributed by atoms with Crippen LogP contribution in [0.15, 0.2) is 4.52 Å². The van der Waals surface area contributed by atoms with Gasteiger partial charge in [-0.15, -0.1) is 0 Å². The molecule has 0 aliphatic heterocycles. The summed E-state index contributed by atoms with van der Waals surface area (Å²) < 4.78 is 11.5. The SMILES string of the molecule is CCCNC(C)Cc1nc(C2(OCC)CCCCC2)no1. The molecule has 0 radical (unpaired) electrons. The normalized spacial score (nSPS) is 19.6. The van der Waals surface area contributed by atoms with Crippen molar-refractivity contribution in [2.24, 2.45) is 0 Å². The van der Waals surface area contributed by atoms with E-state index in [1.165, 1.54) is 19.3 Å². The molecule has 5 heteroatoms. The number of rotatable bonds is 8. The first kappa shape index (κ1) is 16.4. The zero-order valence-corrected chi connectivity index (χ0v) is 13.7. The van der Waals surface area contributed by atoms with Gasteiger partial charge in [-0.2, -0.15) is 4.98 Å². The van der Waals surface area contributed by atoms with Gasteiger partial charge in [-0.25, -0.2) is 0 Å². The van der Waals surface area contributed by atoms with Crippen molar-refractivity contribution in [3.63, 3.8) is 0 Å². The van der Waals surface area contributed by atoms with Gasteiger partial charge in [0.05, 0.1) is 0 Å². The first-order valence-corrected chi connectivity index (χ1v) is 8.40. The average molecular weight is 295 g/mol. The monoisotopic (exact) mass is 295 g/mol. The van der Waals surface area contributed by atoms with E-state index in [4.69, 9.17) is 9.26 Å². The second-order valence-corrected chi connectivity index (χ2v) is 6.06. The maximum Gasteiger partial charge on any atom is 0.228 e. The summed E-state index contributed by atoms with van der Waals surface area (Å²) in [7, 11) is 0. The molecule has 1 unspecified atom stereocenters. The molecule has 0 bridgehead atoms. The summed E-state index contributed by atoms with van der Waals surface area (Å²) in [6.45, 7) is 8.06. The Morgan fingerprint density at radius 2 is 2.05 bits per heavy atom. The molecule has 1 aliphatic rings. The Kier molecular flexibility index (Phi) is 6.18. The van der Waals surface area contributed by atoms with Crippen molar-refractivity contribution in [1.82, 2.24) is 15.5 Å². The molecule has 0 aromatic carbocycles. The number of ether oxygens (including phenoxy) is 1. The molecule has 0 amide bonds. The molecule has 120 valence electrons. The van der Waals surface area contributed by atoms with E-state index in [9.17, 15) is 0 Å². The van der Waals surface area contributed by atoms with Crippen molar-refractivity contribution in [3.8, 4) is 0 Å². The maximum absolute atomic E-state index is 6.04. The lowest BCUT2D eigenvalue weighted by molar-refractivity contribution is -0.0777. The van der Waals surface area contributed by atoms with Crippen molar-refractivity contribution in [2.45, 2.75) is 77.4 Å². The third kappa shape index (κ3) is 4.27. The minimum atomic E-state index is -0.311. The predicted octanol–water partition coefficient (Wildman–Crippen LogP) is 3.20. The Hall–Kier alpha value is -0.940. The summed E-state index contributed by atoms with van der Waals surface area (Å²) in [4.78, 5) is 4.63. The molecule has 1 aromatic rings. The lowest BCUT2D eigenvalue weighted by Gasteiger charge is -2.33. The molecule has 1 aliphatic carbocycles. The highest BCUT2D eigenvalue weighted by molar-refractivity contribution is 5.04. The molecule has 1 saturated carbocycles. The summed E-state index contributed by atoms with van der Waals surface area (Å²) in [6.07, 6.45) is 7.54. The van der Waals surface area contributed by atoms with E-state index >= 15 is 0 Å². The third-order valence-corrected chi connectivity index (χ3v) is 4.18. The Labute approximate surface area is 127 Å². The lowest BCUT2D eigenvalue weighted by Crippen LogP contribution is -2.34. The van der Waals surface area contributed by atoms with Crippen LogP contribution in [-0.2, 0) is 16.8 Å². The number of hydrogen-bond donors (Lipinski definition) is 1. The fraction of sp³-hybridized carbons (Fsp3) is 0.875. The van der Waals surface area contributed by atoms with E-state index in [0.29, 0.717) is 18.5 Å². The van der Waals surface area contributed by atoms with Crippen LogP contribution in [0.3, 0.4) is 0 Å². The summed E-state index contributed by atoms with van der Waals surface area (Å²) in [5.74, 6) is 1.47. The highest BCUT2D eigenvalue weighted by atomic mass is 16.5. The first-order valence-electron chi connectivity index (χ1n) is 8.40. The van der Waals surface area contributed by atoms with Crippen LogP contribution in [0, 0.1) is 0 Å². The van der Waals surface area contributed by atoms with Gasteiger partial charge in [0.25, 0.3) is 0 Å². The van der Waals surface area contributed by atoms with Crippen LogP contribution >= 0.6 is 0 Å². The van der Waals surface area contributed by atoms with Crippen LogP contribution in [0.4, 0.5) is 0 Å². The van der Waals surface area contributed by atoms with E-state index in [1.54, 1.807) is 0 Å². The van der Waals surface area contributed by atoms with Crippen LogP contribution in [0.5, 0.6) is 0 Å². The van der Waals surface area contributed by atoms with Gasteiger partial charge in [-0.05, 0) is 39.7 Å². The highest BCUT2D eigenvalue weighted by Gasteiger charge is 2.39. The van der Waals surface area contributed by atoms with Crippen molar-refractivity contribution in [2.75, 3.05) is 13.2 Å². The van der Waals surface area contributed by atoms with Gasteiger partial charge in [0.15, 0.2) is 0 Å². The molecule has 0 spiro atoms. The molecule has 21 heavy (non-hydrogen) atoms. The fourth-order valence-corrected chi connectivity index (χ4v) is 3.08. The average Bonchev–Trinajstić information content (AvgIpc) is 2.95. The van der Waals surface area contributed by atoms with Gasteiger partial charge >= 0.3 is 0 Å². The van der Waals surface area contributed by atoms with E-state index in [-0.39, 0.29) is 5.60 Å². The van der Waals surface area contributed by atoms with E-state index in [2.05, 4.69) is 29.3 Å². The topological polar surface area (TPSA) is 60.2 Å². The summed E-state index contributed by atoms with van der Waals surface area (Å²) in [6, 6.07) is 0.354. The molecule has 0 saturated heterocycles. The summed E-state index contributed by atoms with van der Waals surface area (Å²) >= 11 is 0. The highest BCUT2D eigenvalue weighted by Crippen LogP contribution is 2.39. The van der Waals surface area contributed by atoms with E-state index < -0.39 is 0 Å². The quantitative estimate of drug-likeness (QED) is 0.798. The Balaban J connectivity index is 2.02. The smallest absolute Gasteiger partial charge is 0.228 e. The van der Waals surface area contributed by atoms with Crippen molar-refractivity contribution in [3.05, 3.63) is 11.7 Å². The third-order valence-electron chi connectivity index (χ3n) is 4.18. The predicted molar refractivity (Wildman–Crippen MR) is 82.1 cm³/mol. The first-order chi connectivity index (χ1) is 10.2. The fourth-order valence-electron chi connectivity index (χ4n) is 3.08. The zero-order valence-electron chi connectivity index (χ0n) is 13.7. The lowest BCUT2D eigenvalue weighted by atomic mass is 9.84. The van der Waals surface area contributed by atoms with Gasteiger partial charge in [0.1, 0.15) is 5.60 Å². The molecule has 5 nitrogen and oxygen atoms in total. The van der Waals surface area contributed by atoms with Gasteiger partial charge in [-0.3, -0.25) is 0 Å². The number of nitrogens with one attached hydrogen (secondary N) is 1. The van der Waals surface area contributed by atoms with Crippen LogP contribution in [0.1, 0.15) is 71.0 Å². The Morgan fingerprint density at radius 1 is 1.29 bits per heavy atom. The molecule has 1 heterocycles. The summed E-state index contributed by atoms with van der Waals surface area (Å²) in [5.41, 5.74) is -0.311. The van der Waals surface area contributed by atoms with Crippen LogP contribution < -0.4 is 5.32 Å². The van der Waals surface area contributed by atoms with Gasteiger partial charge in [0.2, 0.25) is 11.7 Å². The molecule has 1 N–H and O–H groups in total. The van der Waals surface area contributed by atoms with Crippen LogP contribution in [0.2, 0.25) is 0 Å². The van der Waals surface area contributed by atoms with Crippen molar-refractivity contribution >= 4 is 0 Å². The second kappa shape index (κ2) is 7.90. The summed E-state index contributed by atoms with van der Waals surface area (Å²) in [5, 5.41) is 7.67. The molecule has 1 fully saturated rings. The molecular weight excluding hydrogens is 266 g/mol. The molecule has 2 rings (SSSR count). The Bertz CT molecular complexity index is 408. The number of aromatic nitrogens is 2. The van der Waals surface area contributed by atoms with E-state index in [1.807, 2.05) is 6.92 Å². The van der Waals surface area contributed by atoms with Crippen LogP contribution in [0.25, 0.3) is 0 Å². The van der Waals surface area contributed by atoms with Gasteiger partial charge in [-0.1, -0.05) is 31.3 Å². The van der Waals surface area contributed by atoms with Crippen molar-refractivity contribution < 1.29 is 9.26 Å². The molecular formula is C16H29N3O2. The van der Waals surface area contributed by atoms with Crippen LogP contribution in [-0.4, -0.2) is 29.3 Å². The number of nitrogens with zero attached hydrogens (tertiary/aromatic N) is 2. The maximum atomic E-state index is 6.04. The number of hydrogen-bond acceptors (Lipinski definition) is 5. The minimum Gasteiger partial charge on any atom is -0.367 e. The zero-order chi connectivity index (χ0) is 15.1. The standard InChI is InChI=1S/C16H29N3O2/c1-4-11-17-13(3)12-14-18-15(19-21-14)16(20-5-2)9-7-6-8-10-16/h13,17H,4-12H2,1-3H3. The minimum absolute atomic E-state index is 0.311. The second-order valence-electron chi connectivity index (χ2n) is 6.06. The van der Waals surface area contributed by atoms with E-state index in [0.717, 1.165) is 38.1 Å². The largest absolute Gasteiger partial charge is 0.367 e. The molecule has 1 aromatic heterocycles. The van der Waals surface area contributed by atoms with Gasteiger partial charge < -0.3 is 14.6 Å². The van der Waals surface area contributed by atoms with Gasteiger partial charge in [0, 0.05) is 19.1 Å². The van der Waals surface area contributed by atoms with Crippen molar-refractivity contribution in [1.29, 1.82) is 0 Å².